The van der Waals surface area contributed by atoms with Crippen molar-refractivity contribution in [3.63, 3.8) is 0 Å². The molecule has 0 radical (unpaired) electrons. The van der Waals surface area contributed by atoms with Gasteiger partial charge in [-0.25, -0.2) is 0 Å². The topological polar surface area (TPSA) is 38.3 Å². The highest BCUT2D eigenvalue weighted by atomic mass is 35.5. The minimum absolute atomic E-state index is 0.0425. The summed E-state index contributed by atoms with van der Waals surface area (Å²) in [7, 11) is 1.58. The molecule has 2 rings (SSSR count). The fourth-order valence-corrected chi connectivity index (χ4v) is 2.96. The minimum atomic E-state index is -0.0425. The van der Waals surface area contributed by atoms with E-state index in [9.17, 15) is 4.79 Å². The second-order valence-electron chi connectivity index (χ2n) is 4.28. The first kappa shape index (κ1) is 15.7. The van der Waals surface area contributed by atoms with E-state index in [0.717, 1.165) is 4.90 Å². The molecule has 1 N–H and O–H groups in total. The normalized spacial score (nSPS) is 10.2. The monoisotopic (exact) mass is 321 g/mol. The first-order valence-electron chi connectivity index (χ1n) is 6.51. The lowest BCUT2D eigenvalue weighted by Crippen LogP contribution is -2.12. The smallest absolute Gasteiger partial charge is 0.225 e. The van der Waals surface area contributed by atoms with E-state index in [1.54, 1.807) is 18.9 Å². The number of benzene rings is 2. The number of thioether (sulfide) groups is 1. The van der Waals surface area contributed by atoms with Gasteiger partial charge in [-0.3, -0.25) is 4.79 Å². The summed E-state index contributed by atoms with van der Waals surface area (Å²) in [5.74, 6) is 1.29. The third-order valence-corrected chi connectivity index (χ3v) is 4.32. The van der Waals surface area contributed by atoms with Gasteiger partial charge in [0.2, 0.25) is 5.91 Å². The average Bonchev–Trinajstić information content (AvgIpc) is 2.50. The molecule has 0 bridgehead atoms. The number of hydrogen-bond acceptors (Lipinski definition) is 3. The Morgan fingerprint density at radius 1 is 1.19 bits per heavy atom. The molecule has 0 aliphatic rings. The predicted molar refractivity (Wildman–Crippen MR) is 88.4 cm³/mol. The van der Waals surface area contributed by atoms with E-state index < -0.39 is 0 Å². The molecule has 0 spiro atoms. The summed E-state index contributed by atoms with van der Waals surface area (Å²) >= 11 is 7.64. The average molecular weight is 322 g/mol. The van der Waals surface area contributed by atoms with E-state index in [2.05, 4.69) is 5.32 Å². The van der Waals surface area contributed by atoms with Crippen LogP contribution >= 0.6 is 23.4 Å². The number of carbonyl (C=O) groups is 1. The van der Waals surface area contributed by atoms with Crippen molar-refractivity contribution in [1.82, 2.24) is 0 Å². The van der Waals surface area contributed by atoms with Crippen LogP contribution in [0.3, 0.4) is 0 Å². The molecule has 0 fully saturated rings. The van der Waals surface area contributed by atoms with Crippen LogP contribution in [0.2, 0.25) is 5.02 Å². The second-order valence-corrected chi connectivity index (χ2v) is 5.82. The molecule has 0 unspecified atom stereocenters. The summed E-state index contributed by atoms with van der Waals surface area (Å²) in [6.07, 6.45) is 0.411. The molecule has 0 aromatic heterocycles. The molecular formula is C16H16ClNO2S. The molecule has 5 heteroatoms. The lowest BCUT2D eigenvalue weighted by atomic mass is 10.3. The number of halogens is 1. The number of nitrogens with one attached hydrogen (secondary N) is 1. The van der Waals surface area contributed by atoms with Crippen LogP contribution in [0.15, 0.2) is 53.4 Å². The summed E-state index contributed by atoms with van der Waals surface area (Å²) < 4.78 is 5.20. The number of ether oxygens (including phenoxy) is 1. The SMILES string of the molecule is COc1ccccc1NC(=O)CCSc1ccccc1Cl. The third kappa shape index (κ3) is 4.69. The van der Waals surface area contributed by atoms with Crippen LogP contribution in [0.25, 0.3) is 0 Å². The standard InChI is InChI=1S/C16H16ClNO2S/c1-20-14-8-4-3-7-13(14)18-16(19)10-11-21-15-9-5-2-6-12(15)17/h2-9H,10-11H2,1H3,(H,18,19). The molecule has 0 saturated carbocycles. The lowest BCUT2D eigenvalue weighted by molar-refractivity contribution is -0.115. The molecule has 21 heavy (non-hydrogen) atoms. The Hall–Kier alpha value is -1.65. The predicted octanol–water partition coefficient (Wildman–Crippen LogP) is 4.47. The van der Waals surface area contributed by atoms with E-state index in [1.807, 2.05) is 48.5 Å². The van der Waals surface area contributed by atoms with Crippen LogP contribution in [0, 0.1) is 0 Å². The maximum Gasteiger partial charge on any atom is 0.225 e. The summed E-state index contributed by atoms with van der Waals surface area (Å²) in [6, 6.07) is 15.0. The van der Waals surface area contributed by atoms with Gasteiger partial charge in [0.05, 0.1) is 17.8 Å². The maximum absolute atomic E-state index is 11.9. The summed E-state index contributed by atoms with van der Waals surface area (Å²) in [6.45, 7) is 0. The maximum atomic E-state index is 11.9. The first-order valence-corrected chi connectivity index (χ1v) is 7.87. The highest BCUT2D eigenvalue weighted by Crippen LogP contribution is 2.27. The quantitative estimate of drug-likeness (QED) is 0.798. The van der Waals surface area contributed by atoms with Gasteiger partial charge in [-0.2, -0.15) is 0 Å². The van der Waals surface area contributed by atoms with Gasteiger partial charge in [-0.1, -0.05) is 35.9 Å². The molecule has 2 aromatic rings. The van der Waals surface area contributed by atoms with E-state index >= 15 is 0 Å². The molecule has 110 valence electrons. The lowest BCUT2D eigenvalue weighted by Gasteiger charge is -2.09. The Morgan fingerprint density at radius 2 is 1.90 bits per heavy atom. The van der Waals surface area contributed by atoms with E-state index in [0.29, 0.717) is 28.6 Å². The molecule has 0 aliphatic heterocycles. The fraction of sp³-hybridized carbons (Fsp3) is 0.188. The van der Waals surface area contributed by atoms with Crippen LogP contribution in [0.1, 0.15) is 6.42 Å². The van der Waals surface area contributed by atoms with Crippen LogP contribution in [0.5, 0.6) is 5.75 Å². The third-order valence-electron chi connectivity index (χ3n) is 2.80. The van der Waals surface area contributed by atoms with Crippen molar-refractivity contribution in [2.24, 2.45) is 0 Å². The van der Waals surface area contributed by atoms with Gasteiger partial charge in [0, 0.05) is 17.1 Å². The Bertz CT molecular complexity index is 619. The summed E-state index contributed by atoms with van der Waals surface area (Å²) in [4.78, 5) is 12.9. The van der Waals surface area contributed by atoms with Gasteiger partial charge in [0.25, 0.3) is 0 Å². The minimum Gasteiger partial charge on any atom is -0.495 e. The fourth-order valence-electron chi connectivity index (χ4n) is 1.78. The van der Waals surface area contributed by atoms with Crippen molar-refractivity contribution in [2.75, 3.05) is 18.2 Å². The van der Waals surface area contributed by atoms with Gasteiger partial charge in [-0.15, -0.1) is 11.8 Å². The Morgan fingerprint density at radius 3 is 2.67 bits per heavy atom. The number of rotatable bonds is 6. The molecule has 0 aliphatic carbocycles. The van der Waals surface area contributed by atoms with Crippen LogP contribution < -0.4 is 10.1 Å². The van der Waals surface area contributed by atoms with Gasteiger partial charge in [-0.05, 0) is 24.3 Å². The largest absolute Gasteiger partial charge is 0.495 e. The number of hydrogen-bond donors (Lipinski definition) is 1. The molecule has 0 atom stereocenters. The van der Waals surface area contributed by atoms with Crippen LogP contribution in [-0.4, -0.2) is 18.8 Å². The summed E-state index contributed by atoms with van der Waals surface area (Å²) in [5, 5.41) is 3.57. The molecular weight excluding hydrogens is 306 g/mol. The number of para-hydroxylation sites is 2. The van der Waals surface area contributed by atoms with Crippen molar-refractivity contribution < 1.29 is 9.53 Å². The Balaban J connectivity index is 1.84. The van der Waals surface area contributed by atoms with Crippen LogP contribution in [-0.2, 0) is 4.79 Å². The van der Waals surface area contributed by atoms with E-state index in [-0.39, 0.29) is 5.91 Å². The van der Waals surface area contributed by atoms with Gasteiger partial charge < -0.3 is 10.1 Å². The molecule has 1 amide bonds. The number of amides is 1. The molecule has 0 saturated heterocycles. The highest BCUT2D eigenvalue weighted by Gasteiger charge is 2.07. The first-order chi connectivity index (χ1) is 10.2. The molecule has 2 aromatic carbocycles. The van der Waals surface area contributed by atoms with E-state index in [1.165, 1.54) is 0 Å². The molecule has 0 heterocycles. The number of carbonyl (C=O) groups excluding carboxylic acids is 1. The van der Waals surface area contributed by atoms with Crippen molar-refractivity contribution in [1.29, 1.82) is 0 Å². The zero-order valence-corrected chi connectivity index (χ0v) is 13.2. The van der Waals surface area contributed by atoms with Crippen molar-refractivity contribution in [3.8, 4) is 5.75 Å². The van der Waals surface area contributed by atoms with Gasteiger partial charge >= 0.3 is 0 Å². The number of anilines is 1. The summed E-state index contributed by atoms with van der Waals surface area (Å²) in [5.41, 5.74) is 0.688. The molecule has 3 nitrogen and oxygen atoms in total. The number of methoxy groups -OCH3 is 1. The van der Waals surface area contributed by atoms with Crippen molar-refractivity contribution in [2.45, 2.75) is 11.3 Å². The Labute approximate surface area is 133 Å². The van der Waals surface area contributed by atoms with Crippen molar-refractivity contribution >= 4 is 35.0 Å². The zero-order valence-electron chi connectivity index (χ0n) is 11.6. The second kappa shape index (κ2) is 7.96. The van der Waals surface area contributed by atoms with E-state index in [4.69, 9.17) is 16.3 Å². The van der Waals surface area contributed by atoms with Crippen molar-refractivity contribution in [3.05, 3.63) is 53.6 Å². The highest BCUT2D eigenvalue weighted by molar-refractivity contribution is 7.99. The van der Waals surface area contributed by atoms with Gasteiger partial charge in [0.15, 0.2) is 0 Å². The van der Waals surface area contributed by atoms with Crippen LogP contribution in [0.4, 0.5) is 5.69 Å². The zero-order chi connectivity index (χ0) is 15.1. The Kier molecular flexibility index (Phi) is 5.96. The van der Waals surface area contributed by atoms with Gasteiger partial charge in [0.1, 0.15) is 5.75 Å².